The summed E-state index contributed by atoms with van der Waals surface area (Å²) in [4.78, 5) is 2.30. The first-order valence-electron chi connectivity index (χ1n) is 6.76. The highest BCUT2D eigenvalue weighted by atomic mass is 19.1. The Labute approximate surface area is 114 Å². The predicted octanol–water partition coefficient (Wildman–Crippen LogP) is 0.886. The highest BCUT2D eigenvalue weighted by Gasteiger charge is 2.18. The lowest BCUT2D eigenvalue weighted by molar-refractivity contribution is 0.0880. The van der Waals surface area contributed by atoms with Gasteiger partial charge in [0.25, 0.3) is 0 Å². The van der Waals surface area contributed by atoms with Crippen molar-refractivity contribution in [3.8, 4) is 0 Å². The number of hydrogen-bond acceptors (Lipinski definition) is 4. The van der Waals surface area contributed by atoms with Gasteiger partial charge < -0.3 is 10.6 Å². The molecule has 1 aromatic carbocycles. The Morgan fingerprint density at radius 3 is 2.58 bits per heavy atom. The quantitative estimate of drug-likeness (QED) is 0.849. The largest absolute Gasteiger partial charge is 0.329 e. The van der Waals surface area contributed by atoms with Crippen LogP contribution >= 0.6 is 0 Å². The fraction of sp³-hybridized carbons (Fsp3) is 0.571. The second-order valence-corrected chi connectivity index (χ2v) is 5.22. The number of nitrogens with zero attached hydrogens (tertiary/aromatic N) is 2. The van der Waals surface area contributed by atoms with Gasteiger partial charge in [-0.25, -0.2) is 14.8 Å². The third-order valence-corrected chi connectivity index (χ3v) is 3.66. The van der Waals surface area contributed by atoms with Gasteiger partial charge in [-0.15, -0.1) is 0 Å². The first-order valence-corrected chi connectivity index (χ1v) is 6.76. The number of hydrogen-bond donors (Lipinski definition) is 2. The Bertz CT molecular complexity index is 416. The molecule has 106 valence electrons. The van der Waals surface area contributed by atoms with Crippen LogP contribution in [0.2, 0.25) is 0 Å². The van der Waals surface area contributed by atoms with Crippen LogP contribution < -0.4 is 11.2 Å². The number of rotatable bonds is 4. The van der Waals surface area contributed by atoms with Crippen LogP contribution in [0.25, 0.3) is 0 Å². The molecular formula is C14H23FN4. The summed E-state index contributed by atoms with van der Waals surface area (Å²) in [5.74, 6) is -0.167. The van der Waals surface area contributed by atoms with Crippen LogP contribution in [-0.2, 0) is 0 Å². The molecule has 0 amide bonds. The SMILES string of the molecule is Cc1cc(C(CN)NN2CCN(C)CC2)ccc1F. The molecular weight excluding hydrogens is 243 g/mol. The maximum absolute atomic E-state index is 13.3. The van der Waals surface area contributed by atoms with Gasteiger partial charge in [-0.1, -0.05) is 12.1 Å². The number of aryl methyl sites for hydroxylation is 1. The van der Waals surface area contributed by atoms with E-state index in [1.54, 1.807) is 6.92 Å². The molecule has 0 aliphatic carbocycles. The highest BCUT2D eigenvalue weighted by molar-refractivity contribution is 5.26. The van der Waals surface area contributed by atoms with Crippen LogP contribution in [0.5, 0.6) is 0 Å². The molecule has 0 aromatic heterocycles. The number of nitrogens with two attached hydrogens (primary N) is 1. The zero-order valence-electron chi connectivity index (χ0n) is 11.7. The number of likely N-dealkylation sites (N-methyl/N-ethyl adjacent to an activating group) is 1. The van der Waals surface area contributed by atoms with Gasteiger partial charge in [0, 0.05) is 32.7 Å². The van der Waals surface area contributed by atoms with Crippen LogP contribution in [0.15, 0.2) is 18.2 Å². The summed E-state index contributed by atoms with van der Waals surface area (Å²) < 4.78 is 13.3. The minimum Gasteiger partial charge on any atom is -0.329 e. The minimum absolute atomic E-state index is 0.0442. The smallest absolute Gasteiger partial charge is 0.126 e. The van der Waals surface area contributed by atoms with Crippen molar-refractivity contribution in [1.82, 2.24) is 15.3 Å². The van der Waals surface area contributed by atoms with Crippen LogP contribution in [0, 0.1) is 12.7 Å². The van der Waals surface area contributed by atoms with Crippen molar-refractivity contribution >= 4 is 0 Å². The van der Waals surface area contributed by atoms with E-state index in [0.29, 0.717) is 12.1 Å². The van der Waals surface area contributed by atoms with Crippen LogP contribution in [0.1, 0.15) is 17.2 Å². The van der Waals surface area contributed by atoms with E-state index in [-0.39, 0.29) is 11.9 Å². The van der Waals surface area contributed by atoms with Crippen LogP contribution in [0.4, 0.5) is 4.39 Å². The minimum atomic E-state index is -0.167. The van der Waals surface area contributed by atoms with E-state index in [0.717, 1.165) is 31.7 Å². The fourth-order valence-electron chi connectivity index (χ4n) is 2.30. The summed E-state index contributed by atoms with van der Waals surface area (Å²) in [7, 11) is 2.13. The lowest BCUT2D eigenvalue weighted by atomic mass is 10.0. The second kappa shape index (κ2) is 6.43. The van der Waals surface area contributed by atoms with E-state index >= 15 is 0 Å². The van der Waals surface area contributed by atoms with Gasteiger partial charge in [-0.2, -0.15) is 0 Å². The summed E-state index contributed by atoms with van der Waals surface area (Å²) in [5, 5.41) is 2.20. The van der Waals surface area contributed by atoms with Crippen molar-refractivity contribution in [3.63, 3.8) is 0 Å². The summed E-state index contributed by atoms with van der Waals surface area (Å²) in [5.41, 5.74) is 11.0. The van der Waals surface area contributed by atoms with Gasteiger partial charge in [0.1, 0.15) is 5.82 Å². The molecule has 1 aromatic rings. The first-order chi connectivity index (χ1) is 9.10. The van der Waals surface area contributed by atoms with Crippen molar-refractivity contribution in [1.29, 1.82) is 0 Å². The van der Waals surface area contributed by atoms with E-state index in [4.69, 9.17) is 5.73 Å². The van der Waals surface area contributed by atoms with Crippen molar-refractivity contribution in [2.45, 2.75) is 13.0 Å². The molecule has 1 fully saturated rings. The van der Waals surface area contributed by atoms with E-state index in [1.807, 2.05) is 12.1 Å². The number of halogens is 1. The Morgan fingerprint density at radius 1 is 1.32 bits per heavy atom. The lowest BCUT2D eigenvalue weighted by Crippen LogP contribution is -2.52. The molecule has 1 aliphatic rings. The zero-order chi connectivity index (χ0) is 13.8. The first kappa shape index (κ1) is 14.4. The van der Waals surface area contributed by atoms with E-state index in [2.05, 4.69) is 22.4 Å². The Balaban J connectivity index is 2.01. The third kappa shape index (κ3) is 3.73. The second-order valence-electron chi connectivity index (χ2n) is 5.22. The summed E-state index contributed by atoms with van der Waals surface area (Å²) in [6, 6.07) is 5.24. The molecule has 1 unspecified atom stereocenters. The molecule has 0 spiro atoms. The van der Waals surface area contributed by atoms with Gasteiger partial charge in [0.15, 0.2) is 0 Å². The summed E-state index contributed by atoms with van der Waals surface area (Å²) in [6.45, 7) is 6.33. The average molecular weight is 266 g/mol. The molecule has 0 saturated carbocycles. The standard InChI is InChI=1S/C14H23FN4/c1-11-9-12(3-4-13(11)15)14(10-16)17-19-7-5-18(2)6-8-19/h3-4,9,14,17H,5-8,10,16H2,1-2H3. The van der Waals surface area contributed by atoms with Gasteiger partial charge in [0.2, 0.25) is 0 Å². The van der Waals surface area contributed by atoms with Gasteiger partial charge in [-0.3, -0.25) is 0 Å². The molecule has 1 atom stereocenters. The summed E-state index contributed by atoms with van der Waals surface area (Å²) in [6.07, 6.45) is 0. The molecule has 4 nitrogen and oxygen atoms in total. The molecule has 0 bridgehead atoms. The van der Waals surface area contributed by atoms with Crippen molar-refractivity contribution in [2.75, 3.05) is 39.8 Å². The van der Waals surface area contributed by atoms with Crippen molar-refractivity contribution in [2.24, 2.45) is 5.73 Å². The highest BCUT2D eigenvalue weighted by Crippen LogP contribution is 2.16. The topological polar surface area (TPSA) is 44.5 Å². The average Bonchev–Trinajstić information content (AvgIpc) is 2.41. The van der Waals surface area contributed by atoms with Gasteiger partial charge >= 0.3 is 0 Å². The Hall–Kier alpha value is -1.01. The summed E-state index contributed by atoms with van der Waals surface area (Å²) >= 11 is 0. The molecule has 1 heterocycles. The number of piperazine rings is 1. The van der Waals surface area contributed by atoms with Crippen molar-refractivity contribution < 1.29 is 4.39 Å². The zero-order valence-corrected chi connectivity index (χ0v) is 11.7. The Kier molecular flexibility index (Phi) is 4.87. The van der Waals surface area contributed by atoms with Crippen LogP contribution in [-0.4, -0.2) is 49.7 Å². The Morgan fingerprint density at radius 2 is 2.00 bits per heavy atom. The van der Waals surface area contributed by atoms with E-state index < -0.39 is 0 Å². The molecule has 2 rings (SSSR count). The lowest BCUT2D eigenvalue weighted by Gasteiger charge is -2.35. The molecule has 1 saturated heterocycles. The van der Waals surface area contributed by atoms with Crippen LogP contribution in [0.3, 0.4) is 0 Å². The molecule has 1 aliphatic heterocycles. The molecule has 0 radical (unpaired) electrons. The molecule has 3 N–H and O–H groups in total. The van der Waals surface area contributed by atoms with Crippen molar-refractivity contribution in [3.05, 3.63) is 35.1 Å². The normalized spacial score (nSPS) is 19.6. The number of hydrazine groups is 1. The van der Waals surface area contributed by atoms with E-state index in [9.17, 15) is 4.39 Å². The number of nitrogens with one attached hydrogen (secondary N) is 1. The number of benzene rings is 1. The third-order valence-electron chi connectivity index (χ3n) is 3.66. The molecule has 5 heteroatoms. The molecule has 19 heavy (non-hydrogen) atoms. The van der Waals surface area contributed by atoms with Gasteiger partial charge in [-0.05, 0) is 31.2 Å². The maximum Gasteiger partial charge on any atom is 0.126 e. The van der Waals surface area contributed by atoms with Gasteiger partial charge in [0.05, 0.1) is 6.04 Å². The van der Waals surface area contributed by atoms with E-state index in [1.165, 1.54) is 6.07 Å². The fourth-order valence-corrected chi connectivity index (χ4v) is 2.30. The monoisotopic (exact) mass is 266 g/mol. The maximum atomic E-state index is 13.3. The predicted molar refractivity (Wildman–Crippen MR) is 75.1 cm³/mol.